The van der Waals surface area contributed by atoms with E-state index in [1.165, 1.54) is 12.8 Å². The number of carbonyl (C=O) groups is 1. The van der Waals surface area contributed by atoms with E-state index in [-0.39, 0.29) is 5.41 Å². The molecule has 1 unspecified atom stereocenters. The summed E-state index contributed by atoms with van der Waals surface area (Å²) in [6, 6.07) is 1.17. The maximum atomic E-state index is 12.2. The smallest absolute Gasteiger partial charge is 0.227 e. The van der Waals surface area contributed by atoms with Gasteiger partial charge in [-0.05, 0) is 38.5 Å². The second-order valence-corrected chi connectivity index (χ2v) is 7.86. The Morgan fingerprint density at radius 3 is 2.15 bits per heavy atom. The van der Waals surface area contributed by atoms with Crippen molar-refractivity contribution in [3.8, 4) is 0 Å². The van der Waals surface area contributed by atoms with Crippen molar-refractivity contribution in [3.05, 3.63) is 0 Å². The minimum absolute atomic E-state index is 0.245. The first-order chi connectivity index (χ1) is 9.20. The fourth-order valence-corrected chi connectivity index (χ4v) is 2.79. The zero-order chi connectivity index (χ0) is 15.3. The van der Waals surface area contributed by atoms with E-state index < -0.39 is 0 Å². The quantitative estimate of drug-likeness (QED) is 0.838. The monoisotopic (exact) mass is 282 g/mol. The van der Waals surface area contributed by atoms with E-state index in [0.29, 0.717) is 18.0 Å². The van der Waals surface area contributed by atoms with Crippen LogP contribution in [0, 0.1) is 11.3 Å². The van der Waals surface area contributed by atoms with Gasteiger partial charge in [0.1, 0.15) is 0 Å². The molecule has 1 rings (SSSR count). The molecule has 1 fully saturated rings. The number of hydrogen-bond acceptors (Lipinski definition) is 2. The van der Waals surface area contributed by atoms with Crippen LogP contribution in [0.25, 0.3) is 0 Å². The van der Waals surface area contributed by atoms with E-state index in [2.05, 4.69) is 26.1 Å². The molecule has 0 aromatic heterocycles. The van der Waals surface area contributed by atoms with Gasteiger partial charge in [-0.2, -0.15) is 0 Å². The van der Waals surface area contributed by atoms with Gasteiger partial charge in [0.15, 0.2) is 0 Å². The number of rotatable bonds is 5. The van der Waals surface area contributed by atoms with Crippen molar-refractivity contribution in [2.45, 2.75) is 79.3 Å². The van der Waals surface area contributed by atoms with Gasteiger partial charge in [-0.1, -0.05) is 34.6 Å². The summed E-state index contributed by atoms with van der Waals surface area (Å²) in [5, 5.41) is 3.73. The third-order valence-electron chi connectivity index (χ3n) is 4.12. The predicted molar refractivity (Wildman–Crippen MR) is 85.7 cm³/mol. The summed E-state index contributed by atoms with van der Waals surface area (Å²) in [6.45, 7) is 14.7. The Kier molecular flexibility index (Phi) is 6.50. The van der Waals surface area contributed by atoms with E-state index in [0.717, 1.165) is 31.8 Å². The maximum Gasteiger partial charge on any atom is 0.227 e. The Bertz CT molecular complexity index is 299. The summed E-state index contributed by atoms with van der Waals surface area (Å²) in [7, 11) is 0. The molecule has 1 atom stereocenters. The van der Waals surface area contributed by atoms with Gasteiger partial charge in [0.05, 0.1) is 0 Å². The lowest BCUT2D eigenvalue weighted by Crippen LogP contribution is -2.49. The molecule has 1 saturated heterocycles. The lowest BCUT2D eigenvalue weighted by atomic mass is 9.92. The molecule has 0 radical (unpaired) electrons. The molecule has 1 N–H and O–H groups in total. The lowest BCUT2D eigenvalue weighted by Gasteiger charge is -2.37. The predicted octanol–water partition coefficient (Wildman–Crippen LogP) is 3.44. The highest BCUT2D eigenvalue weighted by molar-refractivity contribution is 5.81. The molecule has 0 spiro atoms. The third kappa shape index (κ3) is 5.82. The molecule has 1 heterocycles. The summed E-state index contributed by atoms with van der Waals surface area (Å²) in [4.78, 5) is 14.3. The maximum absolute atomic E-state index is 12.2. The van der Waals surface area contributed by atoms with Crippen LogP contribution in [0.4, 0.5) is 0 Å². The van der Waals surface area contributed by atoms with Gasteiger partial charge in [-0.15, -0.1) is 0 Å². The zero-order valence-corrected chi connectivity index (χ0v) is 14.3. The number of nitrogens with zero attached hydrogens (tertiary/aromatic N) is 1. The molecule has 0 saturated carbocycles. The Balaban J connectivity index is 2.30. The highest BCUT2D eigenvalue weighted by atomic mass is 16.2. The average Bonchev–Trinajstić information content (AvgIpc) is 2.35. The van der Waals surface area contributed by atoms with Gasteiger partial charge in [0.25, 0.3) is 0 Å². The molecular formula is C17H34N2O. The van der Waals surface area contributed by atoms with Gasteiger partial charge in [0.2, 0.25) is 5.91 Å². The van der Waals surface area contributed by atoms with Crippen LogP contribution in [0.1, 0.15) is 67.2 Å². The molecule has 1 amide bonds. The topological polar surface area (TPSA) is 32.3 Å². The molecule has 0 aromatic carbocycles. The van der Waals surface area contributed by atoms with E-state index in [1.54, 1.807) is 0 Å². The van der Waals surface area contributed by atoms with E-state index >= 15 is 0 Å². The van der Waals surface area contributed by atoms with Crippen LogP contribution in [-0.4, -0.2) is 36.0 Å². The molecule has 0 bridgehead atoms. The Hall–Kier alpha value is -0.570. The molecule has 0 aliphatic carbocycles. The van der Waals surface area contributed by atoms with Crippen LogP contribution >= 0.6 is 0 Å². The first kappa shape index (κ1) is 17.5. The molecular weight excluding hydrogens is 248 g/mol. The molecule has 1 aliphatic rings. The summed E-state index contributed by atoms with van der Waals surface area (Å²) in [6.07, 6.45) is 4.72. The molecule has 0 aromatic rings. The molecule has 118 valence electrons. The molecule has 3 heteroatoms. The molecule has 3 nitrogen and oxygen atoms in total. The lowest BCUT2D eigenvalue weighted by molar-refractivity contribution is -0.140. The van der Waals surface area contributed by atoms with Crippen LogP contribution in [0.3, 0.4) is 0 Å². The normalized spacial score (nSPS) is 19.4. The van der Waals surface area contributed by atoms with Crippen LogP contribution in [0.15, 0.2) is 0 Å². The van der Waals surface area contributed by atoms with E-state index in [9.17, 15) is 4.79 Å². The van der Waals surface area contributed by atoms with Crippen LogP contribution in [0.5, 0.6) is 0 Å². The highest BCUT2D eigenvalue weighted by Gasteiger charge is 2.30. The standard InChI is InChI=1S/C17H34N2O/c1-13(2)7-8-14(3)18-15-9-11-19(12-10-15)16(20)17(4,5)6/h13-15,18H,7-12H2,1-6H3. The van der Waals surface area contributed by atoms with Gasteiger partial charge in [-0.3, -0.25) is 4.79 Å². The zero-order valence-electron chi connectivity index (χ0n) is 14.3. The first-order valence-electron chi connectivity index (χ1n) is 8.25. The average molecular weight is 282 g/mol. The number of nitrogens with one attached hydrogen (secondary N) is 1. The largest absolute Gasteiger partial charge is 0.342 e. The number of carbonyl (C=O) groups excluding carboxylic acids is 1. The summed E-state index contributed by atoms with van der Waals surface area (Å²) >= 11 is 0. The molecule has 1 aliphatic heterocycles. The first-order valence-corrected chi connectivity index (χ1v) is 8.25. The van der Waals surface area contributed by atoms with Gasteiger partial charge in [-0.25, -0.2) is 0 Å². The highest BCUT2D eigenvalue weighted by Crippen LogP contribution is 2.21. The van der Waals surface area contributed by atoms with Crippen molar-refractivity contribution >= 4 is 5.91 Å². The van der Waals surface area contributed by atoms with Crippen LogP contribution < -0.4 is 5.32 Å². The van der Waals surface area contributed by atoms with Crippen molar-refractivity contribution < 1.29 is 4.79 Å². The SMILES string of the molecule is CC(C)CCC(C)NC1CCN(C(=O)C(C)(C)C)CC1. The van der Waals surface area contributed by atoms with Gasteiger partial charge >= 0.3 is 0 Å². The number of piperidine rings is 1. The van der Waals surface area contributed by atoms with E-state index in [1.807, 2.05) is 25.7 Å². The minimum atomic E-state index is -0.245. The molecule has 20 heavy (non-hydrogen) atoms. The van der Waals surface area contributed by atoms with Crippen molar-refractivity contribution in [3.63, 3.8) is 0 Å². The third-order valence-corrected chi connectivity index (χ3v) is 4.12. The summed E-state index contributed by atoms with van der Waals surface area (Å²) in [5.41, 5.74) is -0.245. The van der Waals surface area contributed by atoms with Crippen LogP contribution in [-0.2, 0) is 4.79 Å². The number of likely N-dealkylation sites (tertiary alicyclic amines) is 1. The minimum Gasteiger partial charge on any atom is -0.342 e. The fraction of sp³-hybridized carbons (Fsp3) is 0.941. The van der Waals surface area contributed by atoms with E-state index in [4.69, 9.17) is 0 Å². The Labute approximate surface area is 125 Å². The van der Waals surface area contributed by atoms with Crippen molar-refractivity contribution in [2.24, 2.45) is 11.3 Å². The van der Waals surface area contributed by atoms with Gasteiger partial charge in [0, 0.05) is 30.6 Å². The van der Waals surface area contributed by atoms with Gasteiger partial charge < -0.3 is 10.2 Å². The number of hydrogen-bond donors (Lipinski definition) is 1. The number of amides is 1. The van der Waals surface area contributed by atoms with Crippen LogP contribution in [0.2, 0.25) is 0 Å². The Morgan fingerprint density at radius 1 is 1.15 bits per heavy atom. The fourth-order valence-electron chi connectivity index (χ4n) is 2.79. The second-order valence-electron chi connectivity index (χ2n) is 7.86. The second kappa shape index (κ2) is 7.44. The summed E-state index contributed by atoms with van der Waals surface area (Å²) < 4.78 is 0. The van der Waals surface area contributed by atoms with Crippen molar-refractivity contribution in [1.82, 2.24) is 10.2 Å². The van der Waals surface area contributed by atoms with Crippen molar-refractivity contribution in [2.75, 3.05) is 13.1 Å². The van der Waals surface area contributed by atoms with Crippen molar-refractivity contribution in [1.29, 1.82) is 0 Å². The summed E-state index contributed by atoms with van der Waals surface area (Å²) in [5.74, 6) is 1.08. The Morgan fingerprint density at radius 2 is 1.70 bits per heavy atom.